The molecular weight excluding hydrogens is 1010 g/mol. The van der Waals surface area contributed by atoms with Gasteiger partial charge in [0, 0.05) is 33.0 Å². The van der Waals surface area contributed by atoms with Crippen LogP contribution in [-0.2, 0) is 27.1 Å². The van der Waals surface area contributed by atoms with Crippen LogP contribution in [0.4, 0.5) is 34.1 Å². The molecule has 0 bridgehead atoms. The van der Waals surface area contributed by atoms with Crippen LogP contribution in [0.5, 0.6) is 0 Å². The molecule has 0 saturated heterocycles. The number of hydrogen-bond acceptors (Lipinski definition) is 2. The predicted octanol–water partition coefficient (Wildman–Crippen LogP) is 22.5. The lowest BCUT2D eigenvalue weighted by molar-refractivity contribution is 0.590. The first-order valence-electron chi connectivity index (χ1n) is 30.2. The summed E-state index contributed by atoms with van der Waals surface area (Å²) in [5, 5.41) is 2.48. The fourth-order valence-electron chi connectivity index (χ4n) is 15.0. The van der Waals surface area contributed by atoms with Crippen LogP contribution in [0.15, 0.2) is 224 Å². The van der Waals surface area contributed by atoms with E-state index in [4.69, 9.17) is 0 Å². The highest BCUT2D eigenvalue weighted by Crippen LogP contribution is 2.60. The Morgan fingerprint density at radius 3 is 1.24 bits per heavy atom. The second-order valence-electron chi connectivity index (χ2n) is 27.5. The molecule has 0 radical (unpaired) electrons. The van der Waals surface area contributed by atoms with Gasteiger partial charge in [-0.3, -0.25) is 0 Å². The molecule has 2 heteroatoms. The molecule has 0 unspecified atom stereocenters. The molecule has 0 atom stereocenters. The normalized spacial score (nSPS) is 16.1. The summed E-state index contributed by atoms with van der Waals surface area (Å²) in [4.78, 5) is 4.99. The minimum absolute atomic E-state index is 0.0840. The largest absolute Gasteiger partial charge is 0.310 e. The Labute approximate surface area is 497 Å². The van der Waals surface area contributed by atoms with Gasteiger partial charge >= 0.3 is 0 Å². The van der Waals surface area contributed by atoms with Crippen LogP contribution >= 0.6 is 0 Å². The Hall–Kier alpha value is -8.98. The summed E-state index contributed by atoms with van der Waals surface area (Å²) in [7, 11) is 0. The van der Waals surface area contributed by atoms with Gasteiger partial charge in [-0.25, -0.2) is 0 Å². The lowest BCUT2D eigenvalue weighted by atomic mass is 9.71. The van der Waals surface area contributed by atoms with Crippen molar-refractivity contribution >= 4 is 57.0 Å². The van der Waals surface area contributed by atoms with Crippen molar-refractivity contribution in [2.45, 2.75) is 103 Å². The maximum Gasteiger partial charge on any atom is 0.0506 e. The van der Waals surface area contributed by atoms with Gasteiger partial charge in [0.05, 0.1) is 22.7 Å². The van der Waals surface area contributed by atoms with Crippen LogP contribution in [0.25, 0.3) is 67.4 Å². The van der Waals surface area contributed by atoms with Crippen LogP contribution in [0.3, 0.4) is 0 Å². The quantitative estimate of drug-likeness (QED) is 0.153. The first-order valence-corrected chi connectivity index (χ1v) is 30.2. The van der Waals surface area contributed by atoms with Crippen molar-refractivity contribution in [1.82, 2.24) is 0 Å². The molecule has 0 amide bonds. The van der Waals surface area contributed by atoms with Crippen LogP contribution in [0.1, 0.15) is 137 Å². The molecule has 410 valence electrons. The topological polar surface area (TPSA) is 6.48 Å². The Kier molecular flexibility index (Phi) is 11.3. The Morgan fingerprint density at radius 2 is 0.690 bits per heavy atom. The number of nitrogens with zero attached hydrogens (tertiary/aromatic N) is 2. The van der Waals surface area contributed by atoms with Crippen LogP contribution in [-0.4, -0.2) is 0 Å². The van der Waals surface area contributed by atoms with Crippen molar-refractivity contribution < 1.29 is 0 Å². The highest BCUT2D eigenvalue weighted by atomic mass is 15.2. The van der Waals surface area contributed by atoms with E-state index < -0.39 is 0 Å². The third-order valence-corrected chi connectivity index (χ3v) is 20.0. The molecular formula is C82H72N2. The van der Waals surface area contributed by atoms with E-state index in [0.29, 0.717) is 0 Å². The predicted molar refractivity (Wildman–Crippen MR) is 358 cm³/mol. The van der Waals surface area contributed by atoms with E-state index in [0.717, 1.165) is 0 Å². The van der Waals surface area contributed by atoms with Crippen molar-refractivity contribution in [3.63, 3.8) is 0 Å². The van der Waals surface area contributed by atoms with Crippen molar-refractivity contribution in [2.75, 3.05) is 9.80 Å². The molecule has 0 fully saturated rings. The third kappa shape index (κ3) is 7.82. The fourth-order valence-corrected chi connectivity index (χ4v) is 15.0. The van der Waals surface area contributed by atoms with E-state index >= 15 is 0 Å². The summed E-state index contributed by atoms with van der Waals surface area (Å²) < 4.78 is 0. The molecule has 11 aromatic carbocycles. The molecule has 0 spiro atoms. The fraction of sp³-hybridized carbons (Fsp3) is 0.195. The minimum atomic E-state index is -0.192. The van der Waals surface area contributed by atoms with Crippen molar-refractivity contribution in [1.29, 1.82) is 0 Å². The van der Waals surface area contributed by atoms with Crippen molar-refractivity contribution in [3.8, 4) is 44.5 Å². The van der Waals surface area contributed by atoms with E-state index in [1.165, 1.54) is 151 Å². The summed E-state index contributed by atoms with van der Waals surface area (Å²) in [6, 6.07) is 85.4. The molecule has 11 aromatic rings. The Morgan fingerprint density at radius 1 is 0.286 bits per heavy atom. The molecule has 2 nitrogen and oxygen atoms in total. The smallest absolute Gasteiger partial charge is 0.0506 e. The monoisotopic (exact) mass is 1080 g/mol. The van der Waals surface area contributed by atoms with E-state index in [1.54, 1.807) is 0 Å². The van der Waals surface area contributed by atoms with E-state index in [2.05, 4.69) is 323 Å². The molecule has 15 rings (SSSR count). The van der Waals surface area contributed by atoms with Gasteiger partial charge in [-0.1, -0.05) is 228 Å². The Balaban J connectivity index is 0.679. The van der Waals surface area contributed by atoms with Gasteiger partial charge in [-0.15, -0.1) is 0 Å². The van der Waals surface area contributed by atoms with Crippen molar-refractivity contribution in [2.24, 2.45) is 0 Å². The van der Waals surface area contributed by atoms with E-state index in [9.17, 15) is 0 Å². The maximum absolute atomic E-state index is 2.53. The molecule has 84 heavy (non-hydrogen) atoms. The van der Waals surface area contributed by atoms with Gasteiger partial charge in [-0.2, -0.15) is 0 Å². The zero-order valence-corrected chi connectivity index (χ0v) is 50.4. The summed E-state index contributed by atoms with van der Waals surface area (Å²) >= 11 is 0. The van der Waals surface area contributed by atoms with E-state index in [1.807, 2.05) is 0 Å². The number of para-hydroxylation sites is 3. The zero-order chi connectivity index (χ0) is 57.8. The number of fused-ring (bicyclic) bond motifs is 11. The van der Waals surface area contributed by atoms with Gasteiger partial charge in [0.2, 0.25) is 0 Å². The van der Waals surface area contributed by atoms with Crippen molar-refractivity contribution in [3.05, 3.63) is 286 Å². The lowest BCUT2D eigenvalue weighted by Crippen LogP contribution is -2.31. The van der Waals surface area contributed by atoms with Gasteiger partial charge < -0.3 is 9.80 Å². The summed E-state index contributed by atoms with van der Waals surface area (Å²) in [6.07, 6.45) is 4.49. The molecule has 2 aliphatic heterocycles. The molecule has 0 saturated carbocycles. The average Bonchev–Trinajstić information content (AvgIpc) is 1.55. The van der Waals surface area contributed by atoms with Crippen LogP contribution < -0.4 is 9.80 Å². The molecule has 0 aromatic heterocycles. The average molecular weight is 1090 g/mol. The Bertz CT molecular complexity index is 4560. The molecule has 2 heterocycles. The first-order chi connectivity index (χ1) is 40.3. The standard InChI is InChI=1S/C82H72N2/c1-78(2,3)59-37-39-61(40-38-59)84-75-24-18-16-22-67(75)80(6,7)73-48-65-63-42-36-58(46-69(63)82(10,11)71(65)50-77(73)84)56-34-33-54-43-52(29-32-55(54)44-56)26-25-51-27-30-53(31-28-51)57-35-41-62-64-47-72-76(49-70(64)81(8,9)68(62)45-57)83(60-19-13-12-14-20-60)74-23-17-15-21-66(74)79(72,4)5/h12-50H,1-11H3/b26-25+. The van der Waals surface area contributed by atoms with Crippen LogP contribution in [0.2, 0.25) is 0 Å². The number of hydrogen-bond donors (Lipinski definition) is 0. The van der Waals surface area contributed by atoms with E-state index in [-0.39, 0.29) is 27.1 Å². The number of anilines is 6. The van der Waals surface area contributed by atoms with Gasteiger partial charge in [-0.05, 0) is 207 Å². The highest BCUT2D eigenvalue weighted by Gasteiger charge is 2.44. The summed E-state index contributed by atoms with van der Waals surface area (Å²) in [5.41, 5.74) is 31.8. The lowest BCUT2D eigenvalue weighted by Gasteiger charge is -2.43. The minimum Gasteiger partial charge on any atom is -0.310 e. The van der Waals surface area contributed by atoms with Crippen LogP contribution in [0, 0.1) is 0 Å². The molecule has 2 aliphatic carbocycles. The number of rotatable bonds is 6. The highest BCUT2D eigenvalue weighted by molar-refractivity contribution is 5.96. The summed E-state index contributed by atoms with van der Waals surface area (Å²) in [5.74, 6) is 0. The third-order valence-electron chi connectivity index (χ3n) is 20.0. The second-order valence-corrected chi connectivity index (χ2v) is 27.5. The SMILES string of the molecule is CC(C)(C)c1ccc(N2c3ccccc3C(C)(C)c3cc4c(cc32)C(C)(C)c2cc(-c3ccc5cc(/C=C/c6ccc(-c7ccc8c(c7)C(C)(C)c7cc9c(cc7-8)C(C)(C)c7ccccc7N9c7ccccc7)cc6)ccc5c3)ccc2-4)cc1. The maximum atomic E-state index is 2.53. The molecule has 4 aliphatic rings. The molecule has 0 N–H and O–H groups in total. The van der Waals surface area contributed by atoms with Gasteiger partial charge in [0.25, 0.3) is 0 Å². The van der Waals surface area contributed by atoms with Gasteiger partial charge in [0.15, 0.2) is 0 Å². The van der Waals surface area contributed by atoms with Gasteiger partial charge in [0.1, 0.15) is 0 Å². The summed E-state index contributed by atoms with van der Waals surface area (Å²) in [6.45, 7) is 26.1. The second kappa shape index (κ2) is 18.3. The first kappa shape index (κ1) is 51.9. The zero-order valence-electron chi connectivity index (χ0n) is 50.4. The number of benzene rings is 11.